The van der Waals surface area contributed by atoms with E-state index in [1.165, 1.54) is 17.7 Å². The minimum atomic E-state index is -2.49. The molecule has 0 bridgehead atoms. The van der Waals surface area contributed by atoms with Gasteiger partial charge in [0.2, 0.25) is 0 Å². The van der Waals surface area contributed by atoms with Crippen LogP contribution in [0.2, 0.25) is 0 Å². The van der Waals surface area contributed by atoms with Crippen LogP contribution >= 0.6 is 0 Å². The van der Waals surface area contributed by atoms with Gasteiger partial charge in [0, 0.05) is 23.2 Å². The molecule has 1 atom stereocenters. The Labute approximate surface area is 162 Å². The molecule has 0 aliphatic heterocycles. The van der Waals surface area contributed by atoms with E-state index in [1.54, 1.807) is 12.1 Å². The van der Waals surface area contributed by atoms with Gasteiger partial charge in [0.1, 0.15) is 0 Å². The van der Waals surface area contributed by atoms with Crippen molar-refractivity contribution in [3.8, 4) is 11.3 Å². The molecule has 0 unspecified atom stereocenters. The molecule has 1 aliphatic carbocycles. The van der Waals surface area contributed by atoms with E-state index >= 15 is 0 Å². The lowest BCUT2D eigenvalue weighted by Crippen LogP contribution is -2.19. The lowest BCUT2D eigenvalue weighted by atomic mass is 9.88. The largest absolute Gasteiger partial charge is 0.423 e. The number of hydrogen-bond acceptors (Lipinski definition) is 4. The highest BCUT2D eigenvalue weighted by Gasteiger charge is 2.21. The maximum absolute atomic E-state index is 12.8. The second-order valence-corrected chi connectivity index (χ2v) is 7.04. The molecule has 146 valence electrons. The molecular weight excluding hydrogens is 362 g/mol. The van der Waals surface area contributed by atoms with Crippen LogP contribution in [0.3, 0.4) is 0 Å². The average Bonchev–Trinajstić information content (AvgIpc) is 3.11. The summed E-state index contributed by atoms with van der Waals surface area (Å²) in [6.45, 7) is 1.97. The number of aromatic nitrogens is 1. The number of oxazole rings is 1. The smallest absolute Gasteiger partial charge is 0.299 e. The summed E-state index contributed by atoms with van der Waals surface area (Å²) in [5.74, 6) is 0.579. The summed E-state index contributed by atoms with van der Waals surface area (Å²) < 4.78 is 31.5. The SMILES string of the molecule is CCc1nc(Nc2cccc3c2C[C@@H](O)CC3)oc1-c1ccc(C(F)F)cc1. The standard InChI is InChI=1S/C22H22F2N2O2/c1-2-18-20(14-6-8-15(9-7-14)21(23)24)28-22(25-18)26-19-5-3-4-13-10-11-16(27)12-17(13)19/h3-9,16,21,27H,2,10-12H2,1H3,(H,25,26)/t16-/m0/s1. The molecule has 1 aliphatic rings. The fourth-order valence-electron chi connectivity index (χ4n) is 3.65. The van der Waals surface area contributed by atoms with Crippen LogP contribution in [-0.2, 0) is 19.3 Å². The van der Waals surface area contributed by atoms with Gasteiger partial charge in [0.15, 0.2) is 5.76 Å². The van der Waals surface area contributed by atoms with Crippen molar-refractivity contribution < 1.29 is 18.3 Å². The zero-order valence-electron chi connectivity index (χ0n) is 15.6. The van der Waals surface area contributed by atoms with Crippen LogP contribution in [0.25, 0.3) is 11.3 Å². The van der Waals surface area contributed by atoms with Crippen molar-refractivity contribution >= 4 is 11.7 Å². The van der Waals surface area contributed by atoms with Gasteiger partial charge in [-0.3, -0.25) is 0 Å². The molecular formula is C22H22F2N2O2. The van der Waals surface area contributed by atoms with Gasteiger partial charge >= 0.3 is 0 Å². The van der Waals surface area contributed by atoms with E-state index in [1.807, 2.05) is 19.1 Å². The number of aliphatic hydroxyl groups is 1. The van der Waals surface area contributed by atoms with Gasteiger partial charge in [0.25, 0.3) is 12.4 Å². The first-order chi connectivity index (χ1) is 13.5. The van der Waals surface area contributed by atoms with E-state index in [0.717, 1.165) is 29.8 Å². The van der Waals surface area contributed by atoms with Gasteiger partial charge in [-0.25, -0.2) is 8.78 Å². The number of rotatable bonds is 5. The van der Waals surface area contributed by atoms with Gasteiger partial charge in [-0.2, -0.15) is 4.98 Å². The molecule has 3 aromatic rings. The van der Waals surface area contributed by atoms with Crippen molar-refractivity contribution in [3.63, 3.8) is 0 Å². The Morgan fingerprint density at radius 2 is 2.00 bits per heavy atom. The van der Waals surface area contributed by atoms with E-state index in [0.29, 0.717) is 30.2 Å². The average molecular weight is 384 g/mol. The van der Waals surface area contributed by atoms with Crippen LogP contribution in [-0.4, -0.2) is 16.2 Å². The van der Waals surface area contributed by atoms with Crippen LogP contribution in [0.1, 0.15) is 42.2 Å². The van der Waals surface area contributed by atoms with Crippen molar-refractivity contribution in [1.82, 2.24) is 4.98 Å². The maximum Gasteiger partial charge on any atom is 0.299 e. The summed E-state index contributed by atoms with van der Waals surface area (Å²) in [5.41, 5.74) is 4.64. The lowest BCUT2D eigenvalue weighted by Gasteiger charge is -2.23. The van der Waals surface area contributed by atoms with Crippen LogP contribution in [0.4, 0.5) is 20.5 Å². The van der Waals surface area contributed by atoms with E-state index in [-0.39, 0.29) is 11.7 Å². The first-order valence-electron chi connectivity index (χ1n) is 9.49. The van der Waals surface area contributed by atoms with Crippen LogP contribution < -0.4 is 5.32 Å². The Morgan fingerprint density at radius 1 is 1.21 bits per heavy atom. The highest BCUT2D eigenvalue weighted by atomic mass is 19.3. The molecule has 0 fully saturated rings. The van der Waals surface area contributed by atoms with E-state index < -0.39 is 6.43 Å². The van der Waals surface area contributed by atoms with E-state index in [4.69, 9.17) is 4.42 Å². The number of nitrogens with zero attached hydrogens (tertiary/aromatic N) is 1. The molecule has 1 aromatic heterocycles. The Hall–Kier alpha value is -2.73. The van der Waals surface area contributed by atoms with Crippen molar-refractivity contribution in [2.75, 3.05) is 5.32 Å². The summed E-state index contributed by atoms with van der Waals surface area (Å²) in [6.07, 6.45) is 0.0412. The predicted molar refractivity (Wildman–Crippen MR) is 104 cm³/mol. The molecule has 0 saturated carbocycles. The quantitative estimate of drug-likeness (QED) is 0.615. The molecule has 28 heavy (non-hydrogen) atoms. The number of alkyl halides is 2. The zero-order valence-corrected chi connectivity index (χ0v) is 15.6. The number of benzene rings is 2. The van der Waals surface area contributed by atoms with E-state index in [2.05, 4.69) is 16.4 Å². The third-order valence-corrected chi connectivity index (χ3v) is 5.16. The van der Waals surface area contributed by atoms with E-state index in [9.17, 15) is 13.9 Å². The number of nitrogens with one attached hydrogen (secondary N) is 1. The minimum absolute atomic E-state index is 0.0193. The van der Waals surface area contributed by atoms with Gasteiger partial charge in [-0.15, -0.1) is 0 Å². The number of aryl methyl sites for hydroxylation is 2. The fourth-order valence-corrected chi connectivity index (χ4v) is 3.65. The maximum atomic E-state index is 12.8. The van der Waals surface area contributed by atoms with Gasteiger partial charge in [0.05, 0.1) is 11.8 Å². The first kappa shape index (κ1) is 18.6. The third kappa shape index (κ3) is 3.64. The molecule has 4 nitrogen and oxygen atoms in total. The summed E-state index contributed by atoms with van der Waals surface area (Å²) in [7, 11) is 0. The van der Waals surface area contributed by atoms with Crippen molar-refractivity contribution in [2.24, 2.45) is 0 Å². The zero-order chi connectivity index (χ0) is 19.7. The highest BCUT2D eigenvalue weighted by molar-refractivity contribution is 5.65. The second-order valence-electron chi connectivity index (χ2n) is 7.04. The Morgan fingerprint density at radius 3 is 2.71 bits per heavy atom. The number of aliphatic hydroxyl groups excluding tert-OH is 1. The number of halogens is 2. The monoisotopic (exact) mass is 384 g/mol. The first-order valence-corrected chi connectivity index (χ1v) is 9.49. The summed E-state index contributed by atoms with van der Waals surface area (Å²) >= 11 is 0. The second kappa shape index (κ2) is 7.72. The molecule has 0 spiro atoms. The molecule has 0 saturated heterocycles. The predicted octanol–water partition coefficient (Wildman–Crippen LogP) is 5.43. The van der Waals surface area contributed by atoms with Crippen LogP contribution in [0.15, 0.2) is 46.9 Å². The van der Waals surface area contributed by atoms with Crippen molar-refractivity contribution in [2.45, 2.75) is 45.1 Å². The molecule has 1 heterocycles. The molecule has 0 amide bonds. The van der Waals surface area contributed by atoms with Gasteiger partial charge < -0.3 is 14.8 Å². The molecule has 6 heteroatoms. The topological polar surface area (TPSA) is 58.3 Å². The molecule has 2 aromatic carbocycles. The van der Waals surface area contributed by atoms with Crippen molar-refractivity contribution in [1.29, 1.82) is 0 Å². The van der Waals surface area contributed by atoms with Crippen LogP contribution in [0.5, 0.6) is 0 Å². The van der Waals surface area contributed by atoms with Crippen LogP contribution in [0, 0.1) is 0 Å². The normalized spacial score (nSPS) is 16.2. The number of fused-ring (bicyclic) bond motifs is 1. The number of anilines is 2. The minimum Gasteiger partial charge on any atom is -0.423 e. The molecule has 0 radical (unpaired) electrons. The lowest BCUT2D eigenvalue weighted by molar-refractivity contribution is 0.151. The Bertz CT molecular complexity index is 967. The van der Waals surface area contributed by atoms with Crippen molar-refractivity contribution in [3.05, 3.63) is 64.8 Å². The van der Waals surface area contributed by atoms with Gasteiger partial charge in [-0.1, -0.05) is 43.3 Å². The summed E-state index contributed by atoms with van der Waals surface area (Å²) in [6, 6.07) is 12.4. The molecule has 4 rings (SSSR count). The van der Waals surface area contributed by atoms with Gasteiger partial charge in [-0.05, 0) is 36.5 Å². The third-order valence-electron chi connectivity index (χ3n) is 5.16. The fraction of sp³-hybridized carbons (Fsp3) is 0.318. The number of hydrogen-bond donors (Lipinski definition) is 2. The molecule has 2 N–H and O–H groups in total. The summed E-state index contributed by atoms with van der Waals surface area (Å²) in [4.78, 5) is 4.54. The Kier molecular flexibility index (Phi) is 5.13. The summed E-state index contributed by atoms with van der Waals surface area (Å²) in [5, 5.41) is 13.3. The Balaban J connectivity index is 1.64. The highest BCUT2D eigenvalue weighted by Crippen LogP contribution is 2.33.